The number of benzene rings is 1. The maximum Gasteiger partial charge on any atom is 0.191 e. The average Bonchev–Trinajstić information content (AvgIpc) is 2.80. The van der Waals surface area contributed by atoms with E-state index in [9.17, 15) is 5.11 Å². The molecule has 7 nitrogen and oxygen atoms in total. The van der Waals surface area contributed by atoms with Crippen LogP contribution in [0.4, 0.5) is 0 Å². The zero-order valence-corrected chi connectivity index (χ0v) is 19.2. The highest BCUT2D eigenvalue weighted by Crippen LogP contribution is 2.19. The number of aliphatic hydroxyl groups excluding tert-OH is 1. The number of nitrogens with one attached hydrogen (secondary N) is 2. The number of nitrogens with zero attached hydrogens (tertiary/aromatic N) is 2. The van der Waals surface area contributed by atoms with Gasteiger partial charge in [-0.1, -0.05) is 12.1 Å². The van der Waals surface area contributed by atoms with E-state index in [1.54, 1.807) is 0 Å². The fourth-order valence-corrected chi connectivity index (χ4v) is 4.25. The van der Waals surface area contributed by atoms with Crippen molar-refractivity contribution in [3.05, 3.63) is 29.8 Å². The zero-order chi connectivity index (χ0) is 21.9. The second-order valence-electron chi connectivity index (χ2n) is 8.66. The van der Waals surface area contributed by atoms with E-state index < -0.39 is 0 Å². The molecule has 1 aliphatic heterocycles. The van der Waals surface area contributed by atoms with Crippen LogP contribution in [0.25, 0.3) is 0 Å². The highest BCUT2D eigenvalue weighted by Gasteiger charge is 2.20. The Morgan fingerprint density at radius 2 is 1.97 bits per heavy atom. The van der Waals surface area contributed by atoms with Crippen LogP contribution in [0.3, 0.4) is 0 Å². The molecular weight excluding hydrogens is 392 g/mol. The largest absolute Gasteiger partial charge is 0.492 e. The first-order valence-electron chi connectivity index (χ1n) is 11.9. The second kappa shape index (κ2) is 12.9. The number of likely N-dealkylation sites (N-methyl/N-ethyl adjacent to an activating group) is 1. The smallest absolute Gasteiger partial charge is 0.191 e. The molecule has 0 amide bonds. The highest BCUT2D eigenvalue weighted by molar-refractivity contribution is 5.80. The Hall–Kier alpha value is -1.83. The van der Waals surface area contributed by atoms with E-state index >= 15 is 0 Å². The van der Waals surface area contributed by atoms with E-state index in [1.807, 2.05) is 12.1 Å². The van der Waals surface area contributed by atoms with Gasteiger partial charge in [-0.3, -0.25) is 4.90 Å². The molecule has 0 unspecified atom stereocenters. The van der Waals surface area contributed by atoms with Gasteiger partial charge in [0.1, 0.15) is 12.4 Å². The van der Waals surface area contributed by atoms with E-state index in [0.29, 0.717) is 25.2 Å². The Balaban J connectivity index is 1.46. The van der Waals surface area contributed by atoms with Crippen LogP contribution in [-0.4, -0.2) is 74.1 Å². The van der Waals surface area contributed by atoms with Crippen molar-refractivity contribution in [2.45, 2.75) is 70.2 Å². The molecule has 0 bridgehead atoms. The van der Waals surface area contributed by atoms with Crippen LogP contribution in [0.1, 0.15) is 51.0 Å². The SMILES string of the molecule is CCNC(=NCc1cccc(OCCN(C)C2CCOCC2)c1)NC1CCC(O)CC1. The standard InChI is InChI=1S/C24H40N4O3/c1-3-25-24(27-20-7-9-22(29)10-8-20)26-18-19-5-4-6-23(17-19)31-16-13-28(2)21-11-14-30-15-12-21/h4-6,17,20-22,29H,3,7-16,18H2,1-2H3,(H2,25,26,27). The minimum absolute atomic E-state index is 0.142. The number of hydrogen-bond acceptors (Lipinski definition) is 5. The fraction of sp³-hybridized carbons (Fsp3) is 0.708. The Morgan fingerprint density at radius 1 is 1.19 bits per heavy atom. The first-order chi connectivity index (χ1) is 15.1. The molecule has 7 heteroatoms. The van der Waals surface area contributed by atoms with Gasteiger partial charge in [0, 0.05) is 38.4 Å². The summed E-state index contributed by atoms with van der Waals surface area (Å²) in [5.41, 5.74) is 1.13. The number of aliphatic imine (C=N–C) groups is 1. The fourth-order valence-electron chi connectivity index (χ4n) is 4.25. The predicted octanol–water partition coefficient (Wildman–Crippen LogP) is 2.53. The highest BCUT2D eigenvalue weighted by atomic mass is 16.5. The Kier molecular flexibility index (Phi) is 9.90. The van der Waals surface area contributed by atoms with Crippen LogP contribution >= 0.6 is 0 Å². The maximum atomic E-state index is 9.71. The first kappa shape index (κ1) is 23.8. The van der Waals surface area contributed by atoms with Crippen LogP contribution in [0.15, 0.2) is 29.3 Å². The predicted molar refractivity (Wildman–Crippen MR) is 125 cm³/mol. The molecule has 0 atom stereocenters. The molecule has 1 aromatic carbocycles. The van der Waals surface area contributed by atoms with Gasteiger partial charge in [0.2, 0.25) is 0 Å². The number of hydrogen-bond donors (Lipinski definition) is 3. The lowest BCUT2D eigenvalue weighted by molar-refractivity contribution is 0.0392. The summed E-state index contributed by atoms with van der Waals surface area (Å²) in [5.74, 6) is 1.74. The summed E-state index contributed by atoms with van der Waals surface area (Å²) in [7, 11) is 2.17. The summed E-state index contributed by atoms with van der Waals surface area (Å²) >= 11 is 0. The molecule has 0 aromatic heterocycles. The quantitative estimate of drug-likeness (QED) is 0.411. The number of aliphatic hydroxyl groups is 1. The van der Waals surface area contributed by atoms with Crippen LogP contribution in [0.2, 0.25) is 0 Å². The second-order valence-corrected chi connectivity index (χ2v) is 8.66. The third-order valence-electron chi connectivity index (χ3n) is 6.23. The maximum absolute atomic E-state index is 9.71. The Morgan fingerprint density at radius 3 is 2.71 bits per heavy atom. The van der Waals surface area contributed by atoms with Crippen molar-refractivity contribution >= 4 is 5.96 Å². The molecule has 174 valence electrons. The molecule has 2 fully saturated rings. The van der Waals surface area contributed by atoms with Crippen molar-refractivity contribution in [1.29, 1.82) is 0 Å². The van der Waals surface area contributed by atoms with Crippen LogP contribution in [0, 0.1) is 0 Å². The Bertz CT molecular complexity index is 671. The van der Waals surface area contributed by atoms with Crippen LogP contribution in [-0.2, 0) is 11.3 Å². The normalized spacial score (nSPS) is 23.0. The van der Waals surface area contributed by atoms with Crippen LogP contribution in [0.5, 0.6) is 5.75 Å². The molecule has 31 heavy (non-hydrogen) atoms. The molecule has 3 rings (SSSR count). The first-order valence-corrected chi connectivity index (χ1v) is 11.9. The van der Waals surface area contributed by atoms with Crippen molar-refractivity contribution in [2.24, 2.45) is 4.99 Å². The third-order valence-corrected chi connectivity index (χ3v) is 6.23. The lowest BCUT2D eigenvalue weighted by Crippen LogP contribution is -2.45. The van der Waals surface area contributed by atoms with E-state index in [-0.39, 0.29) is 6.10 Å². The molecule has 3 N–H and O–H groups in total. The van der Waals surface area contributed by atoms with Gasteiger partial charge in [0.15, 0.2) is 5.96 Å². The van der Waals surface area contributed by atoms with Gasteiger partial charge in [-0.15, -0.1) is 0 Å². The number of guanidine groups is 1. The lowest BCUT2D eigenvalue weighted by atomic mass is 9.93. The van der Waals surface area contributed by atoms with E-state index in [2.05, 4.69) is 41.6 Å². The molecule has 1 saturated carbocycles. The average molecular weight is 433 g/mol. The summed E-state index contributed by atoms with van der Waals surface area (Å²) in [6.45, 7) is 6.83. The van der Waals surface area contributed by atoms with Gasteiger partial charge >= 0.3 is 0 Å². The molecule has 1 heterocycles. The van der Waals surface area contributed by atoms with E-state index in [4.69, 9.17) is 14.5 Å². The summed E-state index contributed by atoms with van der Waals surface area (Å²) in [4.78, 5) is 7.15. The van der Waals surface area contributed by atoms with Crippen molar-refractivity contribution in [3.63, 3.8) is 0 Å². The summed E-state index contributed by atoms with van der Waals surface area (Å²) < 4.78 is 11.5. The van der Waals surface area contributed by atoms with Crippen LogP contribution < -0.4 is 15.4 Å². The van der Waals surface area contributed by atoms with Gasteiger partial charge in [0.05, 0.1) is 12.6 Å². The molecule has 0 spiro atoms. The molecule has 1 aromatic rings. The minimum atomic E-state index is -0.142. The van der Waals surface area contributed by atoms with Crippen molar-refractivity contribution in [3.8, 4) is 5.75 Å². The molecule has 1 aliphatic carbocycles. The number of ether oxygens (including phenoxy) is 2. The third kappa shape index (κ3) is 8.31. The Labute approximate surface area is 187 Å². The van der Waals surface area contributed by atoms with Gasteiger partial charge < -0.3 is 25.2 Å². The van der Waals surface area contributed by atoms with Crippen molar-refractivity contribution in [2.75, 3.05) is 40.0 Å². The molecule has 1 saturated heterocycles. The summed E-state index contributed by atoms with van der Waals surface area (Å²) in [6, 6.07) is 9.19. The molecule has 0 radical (unpaired) electrons. The summed E-state index contributed by atoms with van der Waals surface area (Å²) in [6.07, 6.45) is 5.76. The monoisotopic (exact) mass is 432 g/mol. The van der Waals surface area contributed by atoms with Gasteiger partial charge in [-0.05, 0) is 70.2 Å². The molecular formula is C24H40N4O3. The van der Waals surface area contributed by atoms with E-state index in [1.165, 1.54) is 0 Å². The van der Waals surface area contributed by atoms with Gasteiger partial charge in [0.25, 0.3) is 0 Å². The zero-order valence-electron chi connectivity index (χ0n) is 19.2. The lowest BCUT2D eigenvalue weighted by Gasteiger charge is -2.31. The topological polar surface area (TPSA) is 78.4 Å². The number of rotatable bonds is 9. The van der Waals surface area contributed by atoms with E-state index in [0.717, 1.165) is 82.1 Å². The van der Waals surface area contributed by atoms with Gasteiger partial charge in [-0.2, -0.15) is 0 Å². The molecule has 2 aliphatic rings. The summed E-state index contributed by atoms with van der Waals surface area (Å²) in [5, 5.41) is 16.6. The van der Waals surface area contributed by atoms with Crippen molar-refractivity contribution in [1.82, 2.24) is 15.5 Å². The minimum Gasteiger partial charge on any atom is -0.492 e. The van der Waals surface area contributed by atoms with Gasteiger partial charge in [-0.25, -0.2) is 4.99 Å². The van der Waals surface area contributed by atoms with Crippen molar-refractivity contribution < 1.29 is 14.6 Å².